The number of benzene rings is 1. The van der Waals surface area contributed by atoms with Crippen LogP contribution in [0.4, 0.5) is 5.69 Å². The summed E-state index contributed by atoms with van der Waals surface area (Å²) in [5.74, 6) is 1.57. The number of aromatic nitrogens is 6. The molecule has 8 nitrogen and oxygen atoms in total. The van der Waals surface area contributed by atoms with Crippen LogP contribution in [0.15, 0.2) is 42.7 Å². The Balaban J connectivity index is 1.66. The van der Waals surface area contributed by atoms with Crippen molar-refractivity contribution in [2.45, 2.75) is 13.8 Å². The molecule has 2 N–H and O–H groups in total. The fourth-order valence-electron chi connectivity index (χ4n) is 2.67. The fraction of sp³-hybridized carbons (Fsp3) is 0.118. The maximum atomic E-state index is 12.7. The largest absolute Gasteiger partial charge is 0.321 e. The maximum absolute atomic E-state index is 12.7. The molecule has 124 valence electrons. The van der Waals surface area contributed by atoms with Gasteiger partial charge >= 0.3 is 0 Å². The molecule has 4 rings (SSSR count). The lowest BCUT2D eigenvalue weighted by Gasteiger charge is -2.07. The average molecular weight is 333 g/mol. The standard InChI is InChI=1S/C17H15N7O/c1-10-14(24-8-4-7-18-17(24)19-10)16(25)21-13-6-3-5-12(9-13)15-20-11(2)22-23-15/h3-9H,1-2H3,(H,21,25)(H,20,22,23). The highest BCUT2D eigenvalue weighted by Gasteiger charge is 2.17. The number of hydrogen-bond donors (Lipinski definition) is 2. The molecule has 0 aliphatic rings. The number of carbonyl (C=O) groups excluding carboxylic acids is 1. The van der Waals surface area contributed by atoms with Crippen molar-refractivity contribution in [1.82, 2.24) is 29.5 Å². The van der Waals surface area contributed by atoms with Gasteiger partial charge in [0, 0.05) is 23.6 Å². The van der Waals surface area contributed by atoms with E-state index in [9.17, 15) is 4.79 Å². The first-order valence-corrected chi connectivity index (χ1v) is 7.72. The predicted molar refractivity (Wildman–Crippen MR) is 92.2 cm³/mol. The second kappa shape index (κ2) is 5.82. The van der Waals surface area contributed by atoms with Crippen LogP contribution in [0.25, 0.3) is 17.2 Å². The number of anilines is 1. The van der Waals surface area contributed by atoms with E-state index in [1.54, 1.807) is 29.8 Å². The zero-order valence-electron chi connectivity index (χ0n) is 13.7. The number of aryl methyl sites for hydroxylation is 2. The third kappa shape index (κ3) is 2.74. The van der Waals surface area contributed by atoms with E-state index in [1.807, 2.05) is 31.2 Å². The monoisotopic (exact) mass is 333 g/mol. The number of hydrogen-bond acceptors (Lipinski definition) is 5. The lowest BCUT2D eigenvalue weighted by molar-refractivity contribution is 0.102. The molecule has 0 radical (unpaired) electrons. The zero-order chi connectivity index (χ0) is 17.4. The van der Waals surface area contributed by atoms with Crippen LogP contribution < -0.4 is 5.32 Å². The normalized spacial score (nSPS) is 11.0. The molecule has 25 heavy (non-hydrogen) atoms. The van der Waals surface area contributed by atoms with E-state index in [1.165, 1.54) is 0 Å². The number of rotatable bonds is 3. The minimum absolute atomic E-state index is 0.249. The van der Waals surface area contributed by atoms with Gasteiger partial charge in [0.05, 0.1) is 5.69 Å². The third-order valence-electron chi connectivity index (χ3n) is 3.77. The zero-order valence-corrected chi connectivity index (χ0v) is 13.7. The summed E-state index contributed by atoms with van der Waals surface area (Å²) in [6, 6.07) is 9.15. The summed E-state index contributed by atoms with van der Waals surface area (Å²) >= 11 is 0. The molecule has 0 saturated heterocycles. The van der Waals surface area contributed by atoms with Crippen LogP contribution in [0.2, 0.25) is 0 Å². The minimum atomic E-state index is -0.249. The molecule has 0 bridgehead atoms. The van der Waals surface area contributed by atoms with Crippen molar-refractivity contribution in [1.29, 1.82) is 0 Å². The Labute approximate surface area is 143 Å². The molecular weight excluding hydrogens is 318 g/mol. The van der Waals surface area contributed by atoms with Crippen molar-refractivity contribution >= 4 is 17.4 Å². The van der Waals surface area contributed by atoms with Crippen molar-refractivity contribution in [2.75, 3.05) is 5.32 Å². The molecule has 0 aliphatic carbocycles. The molecule has 0 unspecified atom stereocenters. The first-order valence-electron chi connectivity index (χ1n) is 7.72. The Kier molecular flexibility index (Phi) is 3.50. The highest BCUT2D eigenvalue weighted by molar-refractivity contribution is 6.04. The van der Waals surface area contributed by atoms with Crippen LogP contribution in [0.3, 0.4) is 0 Å². The van der Waals surface area contributed by atoms with Crippen molar-refractivity contribution in [3.05, 3.63) is 59.9 Å². The van der Waals surface area contributed by atoms with Gasteiger partial charge in [-0.25, -0.2) is 15.0 Å². The van der Waals surface area contributed by atoms with E-state index in [2.05, 4.69) is 30.5 Å². The van der Waals surface area contributed by atoms with E-state index < -0.39 is 0 Å². The van der Waals surface area contributed by atoms with Gasteiger partial charge in [-0.1, -0.05) is 12.1 Å². The van der Waals surface area contributed by atoms with Crippen LogP contribution in [0.5, 0.6) is 0 Å². The summed E-state index contributed by atoms with van der Waals surface area (Å²) in [4.78, 5) is 25.5. The molecular formula is C17H15N7O. The van der Waals surface area contributed by atoms with Crippen molar-refractivity contribution < 1.29 is 4.79 Å². The molecule has 1 amide bonds. The first kappa shape index (κ1) is 15.0. The molecule has 0 aliphatic heterocycles. The van der Waals surface area contributed by atoms with Crippen LogP contribution in [-0.2, 0) is 0 Å². The van der Waals surface area contributed by atoms with Crippen LogP contribution >= 0.6 is 0 Å². The van der Waals surface area contributed by atoms with E-state index in [4.69, 9.17) is 0 Å². The van der Waals surface area contributed by atoms with E-state index in [0.29, 0.717) is 28.7 Å². The summed E-state index contributed by atoms with van der Waals surface area (Å²) in [5.41, 5.74) is 2.56. The second-order valence-electron chi connectivity index (χ2n) is 5.61. The van der Waals surface area contributed by atoms with Gasteiger partial charge in [-0.05, 0) is 32.0 Å². The van der Waals surface area contributed by atoms with Gasteiger partial charge in [-0.2, -0.15) is 5.10 Å². The van der Waals surface area contributed by atoms with Crippen LogP contribution in [0, 0.1) is 13.8 Å². The predicted octanol–water partition coefficient (Wildman–Crippen LogP) is 2.38. The molecule has 0 saturated carbocycles. The van der Waals surface area contributed by atoms with E-state index in [-0.39, 0.29) is 5.91 Å². The van der Waals surface area contributed by atoms with Gasteiger partial charge in [-0.15, -0.1) is 0 Å². The summed E-state index contributed by atoms with van der Waals surface area (Å²) in [6.45, 7) is 3.63. The van der Waals surface area contributed by atoms with Crippen molar-refractivity contribution in [2.24, 2.45) is 0 Å². The first-order chi connectivity index (χ1) is 12.1. The smallest absolute Gasteiger partial charge is 0.274 e. The molecule has 3 heterocycles. The maximum Gasteiger partial charge on any atom is 0.274 e. The van der Waals surface area contributed by atoms with Crippen molar-refractivity contribution in [3.8, 4) is 11.4 Å². The third-order valence-corrected chi connectivity index (χ3v) is 3.77. The molecule has 8 heteroatoms. The molecule has 0 spiro atoms. The molecule has 3 aromatic heterocycles. The highest BCUT2D eigenvalue weighted by atomic mass is 16.2. The van der Waals surface area contributed by atoms with Gasteiger partial charge in [-0.3, -0.25) is 14.3 Å². The minimum Gasteiger partial charge on any atom is -0.321 e. The number of nitrogens with one attached hydrogen (secondary N) is 2. The molecule has 4 aromatic rings. The van der Waals surface area contributed by atoms with Crippen LogP contribution in [0.1, 0.15) is 22.0 Å². The van der Waals surface area contributed by atoms with E-state index in [0.717, 1.165) is 11.4 Å². The SMILES string of the molecule is Cc1nc(-c2cccc(NC(=O)c3c(C)nc4ncccn34)c2)n[nH]1. The topological polar surface area (TPSA) is 101 Å². The van der Waals surface area contributed by atoms with E-state index >= 15 is 0 Å². The lowest BCUT2D eigenvalue weighted by Crippen LogP contribution is -2.15. The Morgan fingerprint density at radius 2 is 2.08 bits per heavy atom. The number of fused-ring (bicyclic) bond motifs is 1. The summed E-state index contributed by atoms with van der Waals surface area (Å²) in [5, 5.41) is 9.85. The van der Waals surface area contributed by atoms with Gasteiger partial charge in [0.15, 0.2) is 5.82 Å². The van der Waals surface area contributed by atoms with Crippen LogP contribution in [-0.4, -0.2) is 35.5 Å². The number of nitrogens with zero attached hydrogens (tertiary/aromatic N) is 5. The van der Waals surface area contributed by atoms with Gasteiger partial charge in [0.2, 0.25) is 5.78 Å². The molecule has 0 atom stereocenters. The van der Waals surface area contributed by atoms with Crippen molar-refractivity contribution in [3.63, 3.8) is 0 Å². The number of imidazole rings is 1. The molecule has 1 aromatic carbocycles. The molecule has 0 fully saturated rings. The number of carbonyl (C=O) groups is 1. The summed E-state index contributed by atoms with van der Waals surface area (Å²) in [7, 11) is 0. The number of H-pyrrole nitrogens is 1. The Morgan fingerprint density at radius 1 is 1.20 bits per heavy atom. The highest BCUT2D eigenvalue weighted by Crippen LogP contribution is 2.20. The number of amides is 1. The Bertz CT molecular complexity index is 1080. The fourth-order valence-corrected chi connectivity index (χ4v) is 2.67. The second-order valence-corrected chi connectivity index (χ2v) is 5.61. The lowest BCUT2D eigenvalue weighted by atomic mass is 10.2. The average Bonchev–Trinajstić information content (AvgIpc) is 3.17. The Morgan fingerprint density at radius 3 is 2.88 bits per heavy atom. The van der Waals surface area contributed by atoms with Gasteiger partial charge in [0.1, 0.15) is 11.5 Å². The number of aromatic amines is 1. The van der Waals surface area contributed by atoms with Gasteiger partial charge < -0.3 is 5.32 Å². The quantitative estimate of drug-likeness (QED) is 0.599. The summed E-state index contributed by atoms with van der Waals surface area (Å²) < 4.78 is 1.67. The summed E-state index contributed by atoms with van der Waals surface area (Å²) in [6.07, 6.45) is 3.41. The Hall–Kier alpha value is -3.55. The van der Waals surface area contributed by atoms with Gasteiger partial charge in [0.25, 0.3) is 5.91 Å².